The second-order valence-corrected chi connectivity index (χ2v) is 5.36. The third-order valence-corrected chi connectivity index (χ3v) is 3.41. The Morgan fingerprint density at radius 1 is 1.21 bits per heavy atom. The molecule has 0 saturated heterocycles. The first-order chi connectivity index (χ1) is 9.13. The number of halogens is 2. The zero-order valence-electron chi connectivity index (χ0n) is 10.3. The van der Waals surface area contributed by atoms with Crippen LogP contribution in [0.3, 0.4) is 0 Å². The molecule has 1 aromatic heterocycles. The highest BCUT2D eigenvalue weighted by Crippen LogP contribution is 2.18. The SMILES string of the molecule is Nc1ncc(CN(Cc2ccccc2)CC(F)F)s1. The molecule has 1 heterocycles. The molecule has 102 valence electrons. The Kier molecular flexibility index (Phi) is 4.81. The molecule has 3 nitrogen and oxygen atoms in total. The molecule has 1 aromatic carbocycles. The molecule has 2 rings (SSSR count). The van der Waals surface area contributed by atoms with Crippen LogP contribution >= 0.6 is 11.3 Å². The van der Waals surface area contributed by atoms with E-state index in [1.807, 2.05) is 30.3 Å². The second kappa shape index (κ2) is 6.58. The predicted octanol–water partition coefficient (Wildman–Crippen LogP) is 2.99. The fourth-order valence-electron chi connectivity index (χ4n) is 1.84. The van der Waals surface area contributed by atoms with Crippen molar-refractivity contribution in [1.82, 2.24) is 9.88 Å². The number of hydrogen-bond acceptors (Lipinski definition) is 4. The molecule has 0 fully saturated rings. The molecule has 0 spiro atoms. The quantitative estimate of drug-likeness (QED) is 0.886. The van der Waals surface area contributed by atoms with E-state index in [0.29, 0.717) is 18.2 Å². The van der Waals surface area contributed by atoms with E-state index in [4.69, 9.17) is 5.73 Å². The Hall–Kier alpha value is -1.53. The minimum absolute atomic E-state index is 0.257. The zero-order chi connectivity index (χ0) is 13.7. The third-order valence-electron chi connectivity index (χ3n) is 2.60. The number of thiazole rings is 1. The van der Waals surface area contributed by atoms with Crippen LogP contribution < -0.4 is 5.73 Å². The van der Waals surface area contributed by atoms with Crippen LogP contribution in [0.15, 0.2) is 36.5 Å². The van der Waals surface area contributed by atoms with Gasteiger partial charge in [0.15, 0.2) is 5.13 Å². The average molecular weight is 283 g/mol. The Bertz CT molecular complexity index is 502. The number of nitrogens with zero attached hydrogens (tertiary/aromatic N) is 2. The molecule has 6 heteroatoms. The van der Waals surface area contributed by atoms with Crippen molar-refractivity contribution in [2.24, 2.45) is 0 Å². The molecule has 0 aliphatic rings. The smallest absolute Gasteiger partial charge is 0.251 e. The lowest BCUT2D eigenvalue weighted by Gasteiger charge is -2.21. The Balaban J connectivity index is 2.03. The fourth-order valence-corrected chi connectivity index (χ4v) is 2.56. The van der Waals surface area contributed by atoms with Gasteiger partial charge in [-0.2, -0.15) is 0 Å². The number of benzene rings is 1. The summed E-state index contributed by atoms with van der Waals surface area (Å²) in [5, 5.41) is 0.465. The highest BCUT2D eigenvalue weighted by molar-refractivity contribution is 7.15. The van der Waals surface area contributed by atoms with Crippen molar-refractivity contribution in [3.63, 3.8) is 0 Å². The van der Waals surface area contributed by atoms with Crippen LogP contribution in [0.1, 0.15) is 10.4 Å². The number of nitrogens with two attached hydrogens (primary N) is 1. The number of anilines is 1. The molecule has 0 aliphatic carbocycles. The summed E-state index contributed by atoms with van der Waals surface area (Å²) in [6.07, 6.45) is -0.710. The van der Waals surface area contributed by atoms with Crippen molar-refractivity contribution in [3.05, 3.63) is 47.0 Å². The summed E-state index contributed by atoms with van der Waals surface area (Å²) in [6, 6.07) is 9.57. The largest absolute Gasteiger partial charge is 0.375 e. The summed E-state index contributed by atoms with van der Waals surface area (Å²) in [6.45, 7) is 0.670. The maximum absolute atomic E-state index is 12.6. The molecular weight excluding hydrogens is 268 g/mol. The summed E-state index contributed by atoms with van der Waals surface area (Å²) in [5.41, 5.74) is 6.56. The molecule has 0 radical (unpaired) electrons. The van der Waals surface area contributed by atoms with Crippen LogP contribution in [0.4, 0.5) is 13.9 Å². The second-order valence-electron chi connectivity index (χ2n) is 4.21. The normalized spacial score (nSPS) is 11.4. The summed E-state index contributed by atoms with van der Waals surface area (Å²) in [7, 11) is 0. The van der Waals surface area contributed by atoms with Gasteiger partial charge in [0.05, 0.1) is 6.54 Å². The molecule has 0 unspecified atom stereocenters. The zero-order valence-corrected chi connectivity index (χ0v) is 11.1. The predicted molar refractivity (Wildman–Crippen MR) is 73.1 cm³/mol. The highest BCUT2D eigenvalue weighted by Gasteiger charge is 2.14. The highest BCUT2D eigenvalue weighted by atomic mass is 32.1. The molecule has 0 bridgehead atoms. The lowest BCUT2D eigenvalue weighted by atomic mass is 10.2. The lowest BCUT2D eigenvalue weighted by molar-refractivity contribution is 0.0814. The summed E-state index contributed by atoms with van der Waals surface area (Å²) in [4.78, 5) is 6.54. The van der Waals surface area contributed by atoms with Crippen molar-refractivity contribution in [3.8, 4) is 0 Å². The van der Waals surface area contributed by atoms with Crippen molar-refractivity contribution in [2.45, 2.75) is 19.5 Å². The van der Waals surface area contributed by atoms with Gasteiger partial charge in [0, 0.05) is 24.2 Å². The maximum atomic E-state index is 12.6. The molecule has 0 atom stereocenters. The number of aromatic nitrogens is 1. The number of nitrogen functional groups attached to an aromatic ring is 1. The molecule has 19 heavy (non-hydrogen) atoms. The van der Waals surface area contributed by atoms with Gasteiger partial charge in [-0.05, 0) is 5.56 Å². The summed E-state index contributed by atoms with van der Waals surface area (Å²) < 4.78 is 25.2. The van der Waals surface area contributed by atoms with Crippen LogP contribution in [-0.4, -0.2) is 22.9 Å². The number of hydrogen-bond donors (Lipinski definition) is 1. The van der Waals surface area contributed by atoms with Crippen molar-refractivity contribution < 1.29 is 8.78 Å². The average Bonchev–Trinajstić information content (AvgIpc) is 2.75. The molecule has 2 aromatic rings. The minimum Gasteiger partial charge on any atom is -0.375 e. The minimum atomic E-state index is -2.35. The first-order valence-electron chi connectivity index (χ1n) is 5.88. The Labute approximate surface area is 114 Å². The van der Waals surface area contributed by atoms with E-state index in [9.17, 15) is 8.78 Å². The van der Waals surface area contributed by atoms with Gasteiger partial charge >= 0.3 is 0 Å². The topological polar surface area (TPSA) is 42.1 Å². The van der Waals surface area contributed by atoms with E-state index < -0.39 is 6.43 Å². The van der Waals surface area contributed by atoms with Crippen LogP contribution in [0, 0.1) is 0 Å². The first-order valence-corrected chi connectivity index (χ1v) is 6.70. The van der Waals surface area contributed by atoms with E-state index in [-0.39, 0.29) is 6.54 Å². The molecule has 0 aliphatic heterocycles. The van der Waals surface area contributed by atoms with Crippen LogP contribution in [0.2, 0.25) is 0 Å². The van der Waals surface area contributed by atoms with Crippen molar-refractivity contribution in [2.75, 3.05) is 12.3 Å². The Morgan fingerprint density at radius 2 is 1.95 bits per heavy atom. The molecule has 2 N–H and O–H groups in total. The monoisotopic (exact) mass is 283 g/mol. The van der Waals surface area contributed by atoms with Crippen molar-refractivity contribution in [1.29, 1.82) is 0 Å². The van der Waals surface area contributed by atoms with Gasteiger partial charge in [-0.15, -0.1) is 11.3 Å². The van der Waals surface area contributed by atoms with Gasteiger partial charge in [0.25, 0.3) is 6.43 Å². The third kappa shape index (κ3) is 4.57. The standard InChI is InChI=1S/C13H15F2N3S/c14-12(15)9-18(7-10-4-2-1-3-5-10)8-11-6-17-13(16)19-11/h1-6,12H,7-9H2,(H2,16,17). The molecular formula is C13H15F2N3S. The van der Waals surface area contributed by atoms with E-state index in [0.717, 1.165) is 10.4 Å². The van der Waals surface area contributed by atoms with E-state index in [1.54, 1.807) is 11.1 Å². The van der Waals surface area contributed by atoms with Gasteiger partial charge in [-0.1, -0.05) is 30.3 Å². The van der Waals surface area contributed by atoms with Gasteiger partial charge in [-0.25, -0.2) is 13.8 Å². The summed E-state index contributed by atoms with van der Waals surface area (Å²) in [5.74, 6) is 0. The Morgan fingerprint density at radius 3 is 2.53 bits per heavy atom. The van der Waals surface area contributed by atoms with Gasteiger partial charge in [0.2, 0.25) is 0 Å². The van der Waals surface area contributed by atoms with Crippen molar-refractivity contribution >= 4 is 16.5 Å². The first kappa shape index (κ1) is 13.9. The molecule has 0 amide bonds. The summed E-state index contributed by atoms with van der Waals surface area (Å²) >= 11 is 1.33. The lowest BCUT2D eigenvalue weighted by Crippen LogP contribution is -2.27. The van der Waals surface area contributed by atoms with Crippen LogP contribution in [-0.2, 0) is 13.1 Å². The van der Waals surface area contributed by atoms with E-state index in [2.05, 4.69) is 4.98 Å². The van der Waals surface area contributed by atoms with Gasteiger partial charge in [-0.3, -0.25) is 4.90 Å². The van der Waals surface area contributed by atoms with Crippen LogP contribution in [0.5, 0.6) is 0 Å². The number of alkyl halides is 2. The maximum Gasteiger partial charge on any atom is 0.251 e. The van der Waals surface area contributed by atoms with Crippen LogP contribution in [0.25, 0.3) is 0 Å². The van der Waals surface area contributed by atoms with Gasteiger partial charge in [0.1, 0.15) is 0 Å². The fraction of sp³-hybridized carbons (Fsp3) is 0.308. The van der Waals surface area contributed by atoms with E-state index in [1.165, 1.54) is 11.3 Å². The van der Waals surface area contributed by atoms with E-state index >= 15 is 0 Å². The van der Waals surface area contributed by atoms with Gasteiger partial charge < -0.3 is 5.73 Å². The number of rotatable bonds is 6. The molecule has 0 saturated carbocycles.